The molecule has 0 radical (unpaired) electrons. The van der Waals surface area contributed by atoms with Crippen LogP contribution in [0.4, 0.5) is 5.00 Å². The molecular weight excluding hydrogens is 416 g/mol. The summed E-state index contributed by atoms with van der Waals surface area (Å²) in [4.78, 5) is 37.5. The van der Waals surface area contributed by atoms with Gasteiger partial charge in [0.1, 0.15) is 9.99 Å². The van der Waals surface area contributed by atoms with E-state index in [1.165, 1.54) is 0 Å². The van der Waals surface area contributed by atoms with E-state index in [9.17, 15) is 19.5 Å². The zero-order valence-corrected chi connectivity index (χ0v) is 16.6. The van der Waals surface area contributed by atoms with Crippen molar-refractivity contribution in [3.05, 3.63) is 51.4 Å². The predicted molar refractivity (Wildman–Crippen MR) is 108 cm³/mol. The van der Waals surface area contributed by atoms with Gasteiger partial charge in [-0.3, -0.25) is 4.79 Å². The van der Waals surface area contributed by atoms with Gasteiger partial charge < -0.3 is 25.2 Å². The molecule has 1 amide bonds. The molecule has 0 spiro atoms. The fraction of sp³-hybridized carbons (Fsp3) is 0.263. The molecule has 10 heteroatoms. The van der Waals surface area contributed by atoms with Gasteiger partial charge in [-0.15, -0.1) is 11.3 Å². The van der Waals surface area contributed by atoms with Crippen molar-refractivity contribution in [2.45, 2.75) is 25.7 Å². The van der Waals surface area contributed by atoms with Crippen molar-refractivity contribution in [3.8, 4) is 0 Å². The average Bonchev–Trinajstić information content (AvgIpc) is 3.19. The van der Waals surface area contributed by atoms with Crippen LogP contribution < -0.4 is 5.32 Å². The number of hydrogen-bond acceptors (Lipinski definition) is 6. The summed E-state index contributed by atoms with van der Waals surface area (Å²) < 4.78 is 5.90. The molecule has 150 valence electrons. The van der Waals surface area contributed by atoms with Crippen molar-refractivity contribution >= 4 is 51.4 Å². The van der Waals surface area contributed by atoms with E-state index in [0.29, 0.717) is 30.0 Å². The summed E-state index contributed by atoms with van der Waals surface area (Å²) in [6.45, 7) is 1.39. The van der Waals surface area contributed by atoms with Gasteiger partial charge in [0.25, 0.3) is 0 Å². The number of carboxylic acid groups (broad SMARTS) is 2. The van der Waals surface area contributed by atoms with E-state index >= 15 is 0 Å². The molecule has 0 bridgehead atoms. The highest BCUT2D eigenvalue weighted by Crippen LogP contribution is 2.38. The van der Waals surface area contributed by atoms with Crippen LogP contribution in [0.3, 0.4) is 0 Å². The first-order valence-electron chi connectivity index (χ1n) is 8.76. The van der Waals surface area contributed by atoms with E-state index in [4.69, 9.17) is 22.1 Å². The molecule has 0 fully saturated rings. The normalized spacial score (nSPS) is 17.6. The lowest BCUT2D eigenvalue weighted by molar-refractivity contribution is -0.147. The number of carboxylic acids is 2. The number of ether oxygens (including phenoxy) is 1. The molecule has 4 rings (SSSR count). The molecule has 1 aromatic carbocycles. The largest absolute Gasteiger partial charge is 0.478 e. The Bertz CT molecular complexity index is 1050. The molecule has 29 heavy (non-hydrogen) atoms. The van der Waals surface area contributed by atoms with Crippen molar-refractivity contribution in [1.82, 2.24) is 4.90 Å². The first kappa shape index (κ1) is 19.5. The number of nitrogens with one attached hydrogen (secondary N) is 1. The van der Waals surface area contributed by atoms with Crippen molar-refractivity contribution in [3.63, 3.8) is 0 Å². The third kappa shape index (κ3) is 3.61. The fourth-order valence-electron chi connectivity index (χ4n) is 3.62. The van der Waals surface area contributed by atoms with Gasteiger partial charge in [0.15, 0.2) is 0 Å². The Kier molecular flexibility index (Phi) is 5.07. The minimum Gasteiger partial charge on any atom is -0.478 e. The zero-order chi connectivity index (χ0) is 20.7. The monoisotopic (exact) mass is 432 g/mol. The summed E-state index contributed by atoms with van der Waals surface area (Å²) in [7, 11) is 0. The average molecular weight is 432 g/mol. The Balaban J connectivity index is 1.53. The van der Waals surface area contributed by atoms with Gasteiger partial charge in [0.2, 0.25) is 0 Å². The van der Waals surface area contributed by atoms with Gasteiger partial charge in [-0.1, -0.05) is 36.5 Å². The number of rotatable bonds is 4. The number of benzene rings is 1. The molecule has 0 saturated carbocycles. The maximum atomic E-state index is 11.8. The number of aromatic carboxylic acids is 1. The van der Waals surface area contributed by atoms with Gasteiger partial charge in [-0.25, -0.2) is 9.59 Å². The van der Waals surface area contributed by atoms with E-state index in [1.54, 1.807) is 0 Å². The Morgan fingerprint density at radius 2 is 2.03 bits per heavy atom. The highest BCUT2D eigenvalue weighted by Gasteiger charge is 2.33. The van der Waals surface area contributed by atoms with Gasteiger partial charge in [0, 0.05) is 30.0 Å². The molecule has 0 aliphatic carbocycles. The summed E-state index contributed by atoms with van der Waals surface area (Å²) in [5, 5.41) is 20.6. The predicted octanol–water partition coefficient (Wildman–Crippen LogP) is 2.10. The topological polar surface area (TPSA) is 116 Å². The number of anilines is 1. The SMILES string of the molecule is O=C(O)C(=O)Nc1sc2c(c1C(=O)O)CC(CN1Cc3ccccc3C1=S)OC2. The molecule has 8 nitrogen and oxygen atoms in total. The lowest BCUT2D eigenvalue weighted by atomic mass is 10.0. The van der Waals surface area contributed by atoms with Crippen molar-refractivity contribution in [2.75, 3.05) is 11.9 Å². The van der Waals surface area contributed by atoms with Crippen LogP contribution in [0.2, 0.25) is 0 Å². The maximum Gasteiger partial charge on any atom is 0.394 e. The Labute approximate surface area is 174 Å². The number of aliphatic carboxylic acids is 1. The minimum absolute atomic E-state index is 0.0169. The standard InChI is InChI=1S/C19H16N2O6S2/c22-15(19(25)26)20-16-14(18(23)24)12-5-10(27-8-13(12)29-16)7-21-6-9-3-1-2-4-11(9)17(21)28/h1-4,10H,5-8H2,(H,20,22)(H,23,24)(H,25,26). The summed E-state index contributed by atoms with van der Waals surface area (Å²) >= 11 is 6.59. The highest BCUT2D eigenvalue weighted by molar-refractivity contribution is 7.80. The number of fused-ring (bicyclic) bond motifs is 2. The summed E-state index contributed by atoms with van der Waals surface area (Å²) in [6.07, 6.45) is 0.0665. The van der Waals surface area contributed by atoms with Crippen molar-refractivity contribution in [1.29, 1.82) is 0 Å². The summed E-state index contributed by atoms with van der Waals surface area (Å²) in [5.74, 6) is -4.17. The van der Waals surface area contributed by atoms with Crippen LogP contribution >= 0.6 is 23.6 Å². The molecule has 2 aliphatic heterocycles. The summed E-state index contributed by atoms with van der Waals surface area (Å²) in [5.41, 5.74) is 2.68. The minimum atomic E-state index is -1.68. The van der Waals surface area contributed by atoms with Gasteiger partial charge in [0.05, 0.1) is 18.3 Å². The van der Waals surface area contributed by atoms with Crippen LogP contribution in [-0.4, -0.2) is 50.6 Å². The Morgan fingerprint density at radius 1 is 1.28 bits per heavy atom. The lowest BCUT2D eigenvalue weighted by Crippen LogP contribution is -2.37. The van der Waals surface area contributed by atoms with Crippen LogP contribution in [-0.2, 0) is 33.9 Å². The molecular formula is C19H16N2O6S2. The number of nitrogens with zero attached hydrogens (tertiary/aromatic N) is 1. The second-order valence-corrected chi connectivity index (χ2v) is 8.24. The lowest BCUT2D eigenvalue weighted by Gasteiger charge is -2.28. The van der Waals surface area contributed by atoms with Crippen LogP contribution in [0, 0.1) is 0 Å². The smallest absolute Gasteiger partial charge is 0.394 e. The van der Waals surface area contributed by atoms with Gasteiger partial charge in [-0.2, -0.15) is 0 Å². The van der Waals surface area contributed by atoms with Crippen LogP contribution in [0.1, 0.15) is 31.9 Å². The molecule has 3 heterocycles. The molecule has 2 aliphatic rings. The molecule has 1 unspecified atom stereocenters. The van der Waals surface area contributed by atoms with E-state index < -0.39 is 17.8 Å². The Morgan fingerprint density at radius 3 is 2.72 bits per heavy atom. The molecule has 2 aromatic rings. The van der Waals surface area contributed by atoms with E-state index in [2.05, 4.69) is 5.32 Å². The molecule has 3 N–H and O–H groups in total. The van der Waals surface area contributed by atoms with E-state index in [-0.39, 0.29) is 23.3 Å². The number of thiocarbonyl (C=S) groups is 1. The Hall–Kier alpha value is -2.82. The van der Waals surface area contributed by atoms with Crippen LogP contribution in [0.25, 0.3) is 0 Å². The molecule has 1 aromatic heterocycles. The van der Waals surface area contributed by atoms with Gasteiger partial charge in [-0.05, 0) is 11.1 Å². The third-order valence-corrected chi connectivity index (χ3v) is 6.53. The second kappa shape index (κ2) is 7.54. The van der Waals surface area contributed by atoms with Crippen molar-refractivity contribution in [2.24, 2.45) is 0 Å². The second-order valence-electron chi connectivity index (χ2n) is 6.75. The summed E-state index contributed by atoms with van der Waals surface area (Å²) in [6, 6.07) is 7.91. The van der Waals surface area contributed by atoms with Crippen LogP contribution in [0.5, 0.6) is 0 Å². The first-order chi connectivity index (χ1) is 13.8. The van der Waals surface area contributed by atoms with Gasteiger partial charge >= 0.3 is 17.8 Å². The molecule has 1 atom stereocenters. The molecule has 0 saturated heterocycles. The number of carbonyl (C=O) groups is 3. The van der Waals surface area contributed by atoms with Crippen LogP contribution in [0.15, 0.2) is 24.3 Å². The van der Waals surface area contributed by atoms with E-state index in [1.807, 2.05) is 29.2 Å². The maximum absolute atomic E-state index is 11.8. The number of amides is 1. The highest BCUT2D eigenvalue weighted by atomic mass is 32.1. The number of thiophene rings is 1. The quantitative estimate of drug-likeness (QED) is 0.497. The fourth-order valence-corrected chi connectivity index (χ4v) is 5.10. The number of carbonyl (C=O) groups excluding carboxylic acids is 1. The van der Waals surface area contributed by atoms with Crippen molar-refractivity contribution < 1.29 is 29.3 Å². The zero-order valence-electron chi connectivity index (χ0n) is 15.0. The first-order valence-corrected chi connectivity index (χ1v) is 9.98. The van der Waals surface area contributed by atoms with E-state index in [0.717, 1.165) is 27.5 Å². The third-order valence-electron chi connectivity index (χ3n) is 4.93. The number of hydrogen-bond donors (Lipinski definition) is 3.